The maximum atomic E-state index is 9.85. The van der Waals surface area contributed by atoms with E-state index in [2.05, 4.69) is 5.18 Å². The van der Waals surface area contributed by atoms with Gasteiger partial charge in [0, 0.05) is 0 Å². The standard InChI is InChI=1S/C14H29NO3/c16-14(17)12-10-8-6-4-2-1-3-5-7-9-11-13-15-18/h14,16-17H,1-13H2. The summed E-state index contributed by atoms with van der Waals surface area (Å²) in [6, 6.07) is 0. The molecule has 108 valence electrons. The van der Waals surface area contributed by atoms with Crippen molar-refractivity contribution in [3.63, 3.8) is 0 Å². The van der Waals surface area contributed by atoms with Crippen LogP contribution >= 0.6 is 0 Å². The van der Waals surface area contributed by atoms with Gasteiger partial charge in [-0.2, -0.15) is 4.91 Å². The second-order valence-electron chi connectivity index (χ2n) is 5.01. The van der Waals surface area contributed by atoms with Gasteiger partial charge in [0.2, 0.25) is 0 Å². The molecule has 0 atom stereocenters. The van der Waals surface area contributed by atoms with Gasteiger partial charge in [0.1, 0.15) is 0 Å². The quantitative estimate of drug-likeness (QED) is 0.283. The van der Waals surface area contributed by atoms with Gasteiger partial charge in [-0.3, -0.25) is 0 Å². The molecule has 0 aliphatic rings. The SMILES string of the molecule is O=NCCCCCCCCCCCCCC(O)O. The topological polar surface area (TPSA) is 69.9 Å². The highest BCUT2D eigenvalue weighted by Crippen LogP contribution is 2.12. The first-order valence-corrected chi connectivity index (χ1v) is 7.42. The molecule has 0 aromatic carbocycles. The number of unbranched alkanes of at least 4 members (excludes halogenated alkanes) is 10. The molecule has 0 aliphatic carbocycles. The fraction of sp³-hybridized carbons (Fsp3) is 1.00. The largest absolute Gasteiger partial charge is 0.368 e. The number of nitroso groups, excluding NO2 is 1. The van der Waals surface area contributed by atoms with Gasteiger partial charge < -0.3 is 10.2 Å². The molecule has 4 heteroatoms. The van der Waals surface area contributed by atoms with Crippen molar-refractivity contribution in [3.05, 3.63) is 4.91 Å². The Bertz CT molecular complexity index is 174. The molecule has 2 N–H and O–H groups in total. The minimum Gasteiger partial charge on any atom is -0.368 e. The van der Waals surface area contributed by atoms with Crippen LogP contribution in [-0.4, -0.2) is 23.0 Å². The van der Waals surface area contributed by atoms with Crippen molar-refractivity contribution >= 4 is 0 Å². The van der Waals surface area contributed by atoms with Crippen LogP contribution in [0, 0.1) is 4.91 Å². The van der Waals surface area contributed by atoms with Crippen LogP contribution in [0.4, 0.5) is 0 Å². The molecule has 0 aromatic rings. The summed E-state index contributed by atoms with van der Waals surface area (Å²) in [5.41, 5.74) is 0. The fourth-order valence-corrected chi connectivity index (χ4v) is 2.09. The normalized spacial score (nSPS) is 11.1. The Hall–Kier alpha value is -0.480. The van der Waals surface area contributed by atoms with Gasteiger partial charge in [0.25, 0.3) is 0 Å². The van der Waals surface area contributed by atoms with Gasteiger partial charge in [0.05, 0.1) is 6.54 Å². The second kappa shape index (κ2) is 14.6. The summed E-state index contributed by atoms with van der Waals surface area (Å²) in [6.45, 7) is 0.475. The van der Waals surface area contributed by atoms with E-state index in [1.54, 1.807) is 0 Å². The van der Waals surface area contributed by atoms with Crippen molar-refractivity contribution in [3.8, 4) is 0 Å². The third-order valence-electron chi connectivity index (χ3n) is 3.21. The van der Waals surface area contributed by atoms with Gasteiger partial charge in [-0.1, -0.05) is 63.0 Å². The van der Waals surface area contributed by atoms with Crippen LogP contribution in [0.3, 0.4) is 0 Å². The van der Waals surface area contributed by atoms with Crippen LogP contribution in [0.2, 0.25) is 0 Å². The van der Waals surface area contributed by atoms with Crippen LogP contribution in [0.5, 0.6) is 0 Å². The third-order valence-corrected chi connectivity index (χ3v) is 3.21. The lowest BCUT2D eigenvalue weighted by Gasteiger charge is -2.03. The first-order chi connectivity index (χ1) is 8.77. The summed E-state index contributed by atoms with van der Waals surface area (Å²) in [7, 11) is 0. The first kappa shape index (κ1) is 17.5. The number of aliphatic hydroxyl groups excluding tert-OH is 1. The number of aliphatic hydroxyl groups is 2. The molecule has 0 spiro atoms. The molecule has 0 rings (SSSR count). The molecule has 0 fully saturated rings. The maximum Gasteiger partial charge on any atom is 0.151 e. The van der Waals surface area contributed by atoms with Crippen LogP contribution in [0.15, 0.2) is 5.18 Å². The maximum absolute atomic E-state index is 9.85. The van der Waals surface area contributed by atoms with E-state index >= 15 is 0 Å². The van der Waals surface area contributed by atoms with Crippen molar-refractivity contribution in [1.82, 2.24) is 0 Å². The third kappa shape index (κ3) is 15.5. The summed E-state index contributed by atoms with van der Waals surface area (Å²) in [4.78, 5) is 9.85. The molecule has 0 aliphatic heterocycles. The first-order valence-electron chi connectivity index (χ1n) is 7.42. The van der Waals surface area contributed by atoms with E-state index in [-0.39, 0.29) is 0 Å². The van der Waals surface area contributed by atoms with Gasteiger partial charge in [-0.15, -0.1) is 0 Å². The van der Waals surface area contributed by atoms with Crippen molar-refractivity contribution in [2.24, 2.45) is 5.18 Å². The summed E-state index contributed by atoms with van der Waals surface area (Å²) < 4.78 is 0. The molecule has 0 aromatic heterocycles. The van der Waals surface area contributed by atoms with Crippen molar-refractivity contribution in [2.45, 2.75) is 83.3 Å². The van der Waals surface area contributed by atoms with Gasteiger partial charge in [-0.25, -0.2) is 0 Å². The van der Waals surface area contributed by atoms with E-state index in [4.69, 9.17) is 10.2 Å². The molecule has 18 heavy (non-hydrogen) atoms. The van der Waals surface area contributed by atoms with Gasteiger partial charge in [-0.05, 0) is 19.3 Å². The number of hydrogen-bond donors (Lipinski definition) is 2. The lowest BCUT2D eigenvalue weighted by Crippen LogP contribution is -2.02. The molecule has 0 radical (unpaired) electrons. The Labute approximate surface area is 111 Å². The van der Waals surface area contributed by atoms with E-state index in [1.807, 2.05) is 0 Å². The zero-order valence-electron chi connectivity index (χ0n) is 11.5. The predicted octanol–water partition coefficient (Wildman–Crippen LogP) is 3.74. The summed E-state index contributed by atoms with van der Waals surface area (Å²) in [5.74, 6) is 0. The Balaban J connectivity index is 2.92. The zero-order valence-corrected chi connectivity index (χ0v) is 11.5. The summed E-state index contributed by atoms with van der Waals surface area (Å²) in [5, 5.41) is 20.2. The summed E-state index contributed by atoms with van der Waals surface area (Å²) >= 11 is 0. The fourth-order valence-electron chi connectivity index (χ4n) is 2.09. The lowest BCUT2D eigenvalue weighted by molar-refractivity contribution is -0.0466. The molecule has 0 amide bonds. The molecule has 0 heterocycles. The van der Waals surface area contributed by atoms with E-state index in [0.29, 0.717) is 13.0 Å². The predicted molar refractivity (Wildman–Crippen MR) is 74.3 cm³/mol. The van der Waals surface area contributed by atoms with Crippen LogP contribution in [-0.2, 0) is 0 Å². The second-order valence-corrected chi connectivity index (χ2v) is 5.01. The van der Waals surface area contributed by atoms with E-state index in [1.165, 1.54) is 44.9 Å². The highest BCUT2D eigenvalue weighted by Gasteiger charge is 1.97. The molecule has 0 bridgehead atoms. The van der Waals surface area contributed by atoms with Crippen molar-refractivity contribution in [2.75, 3.05) is 6.54 Å². The average molecular weight is 259 g/mol. The van der Waals surface area contributed by atoms with Crippen LogP contribution in [0.25, 0.3) is 0 Å². The van der Waals surface area contributed by atoms with Crippen LogP contribution < -0.4 is 0 Å². The number of nitrogens with zero attached hydrogens (tertiary/aromatic N) is 1. The highest BCUT2D eigenvalue weighted by molar-refractivity contribution is 4.50. The average Bonchev–Trinajstić information content (AvgIpc) is 2.34. The van der Waals surface area contributed by atoms with E-state index in [9.17, 15) is 4.91 Å². The molecular weight excluding hydrogens is 230 g/mol. The molecular formula is C14H29NO3. The van der Waals surface area contributed by atoms with Crippen molar-refractivity contribution < 1.29 is 10.2 Å². The summed E-state index contributed by atoms with van der Waals surface area (Å²) in [6.07, 6.45) is 12.3. The number of rotatable bonds is 14. The Kier molecular flexibility index (Phi) is 14.2. The van der Waals surface area contributed by atoms with Crippen molar-refractivity contribution in [1.29, 1.82) is 0 Å². The Morgan fingerprint density at radius 2 is 1.06 bits per heavy atom. The Morgan fingerprint density at radius 3 is 1.44 bits per heavy atom. The van der Waals surface area contributed by atoms with E-state index < -0.39 is 6.29 Å². The van der Waals surface area contributed by atoms with Gasteiger partial charge in [0.15, 0.2) is 6.29 Å². The monoisotopic (exact) mass is 259 g/mol. The smallest absolute Gasteiger partial charge is 0.151 e. The minimum absolute atomic E-state index is 0.475. The van der Waals surface area contributed by atoms with Crippen LogP contribution in [0.1, 0.15) is 77.0 Å². The Morgan fingerprint density at radius 1 is 0.667 bits per heavy atom. The highest BCUT2D eigenvalue weighted by atomic mass is 16.5. The minimum atomic E-state index is -1.13. The molecule has 4 nitrogen and oxygen atoms in total. The van der Waals surface area contributed by atoms with E-state index in [0.717, 1.165) is 25.7 Å². The zero-order chi connectivity index (χ0) is 13.5. The lowest BCUT2D eigenvalue weighted by atomic mass is 10.1. The molecule has 0 unspecified atom stereocenters. The van der Waals surface area contributed by atoms with Gasteiger partial charge >= 0.3 is 0 Å². The molecule has 0 saturated heterocycles. The number of hydrogen-bond acceptors (Lipinski definition) is 4. The molecule has 0 saturated carbocycles.